The topological polar surface area (TPSA) is 58.7 Å². The summed E-state index contributed by atoms with van der Waals surface area (Å²) in [4.78, 5) is 18.9. The fraction of sp³-hybridized carbons (Fsp3) is 0.519. The van der Waals surface area contributed by atoms with Crippen molar-refractivity contribution in [2.75, 3.05) is 13.1 Å². The third-order valence-electron chi connectivity index (χ3n) is 8.87. The molecule has 2 heterocycles. The van der Waals surface area contributed by atoms with Crippen LogP contribution in [0, 0.1) is 22.0 Å². The lowest BCUT2D eigenvalue weighted by molar-refractivity contribution is -0.384. The van der Waals surface area contributed by atoms with Gasteiger partial charge in [-0.05, 0) is 67.4 Å². The van der Waals surface area contributed by atoms with Crippen molar-refractivity contribution in [1.29, 1.82) is 0 Å². The Morgan fingerprint density at radius 2 is 1.69 bits per heavy atom. The van der Waals surface area contributed by atoms with Gasteiger partial charge in [-0.25, -0.2) is 0 Å². The van der Waals surface area contributed by atoms with Gasteiger partial charge in [-0.1, -0.05) is 42.5 Å². The van der Waals surface area contributed by atoms with Crippen molar-refractivity contribution in [3.63, 3.8) is 0 Å². The van der Waals surface area contributed by atoms with Gasteiger partial charge in [0.1, 0.15) is 0 Å². The van der Waals surface area contributed by atoms with Crippen LogP contribution in [0.5, 0.6) is 0 Å². The fourth-order valence-electron chi connectivity index (χ4n) is 7.41. The third-order valence-corrected chi connectivity index (χ3v) is 8.87. The molecule has 4 aliphatic rings. The minimum atomic E-state index is -0.300. The van der Waals surface area contributed by atoms with Gasteiger partial charge in [0.25, 0.3) is 5.69 Å². The summed E-state index contributed by atoms with van der Waals surface area (Å²) in [6.45, 7) is 2.20. The number of hydrogen-bond acceptors (Lipinski definition) is 4. The third kappa shape index (κ3) is 3.16. The van der Waals surface area contributed by atoms with E-state index in [4.69, 9.17) is 4.99 Å². The van der Waals surface area contributed by atoms with Crippen molar-refractivity contribution in [3.05, 3.63) is 75.8 Å². The molecule has 2 bridgehead atoms. The van der Waals surface area contributed by atoms with Crippen LogP contribution in [0.2, 0.25) is 0 Å². The van der Waals surface area contributed by atoms with Gasteiger partial charge in [0.15, 0.2) is 0 Å². The second-order valence-corrected chi connectivity index (χ2v) is 10.3. The summed E-state index contributed by atoms with van der Waals surface area (Å²) in [5.74, 6) is 3.76. The Morgan fingerprint density at radius 3 is 2.41 bits per heavy atom. The van der Waals surface area contributed by atoms with Gasteiger partial charge in [0.2, 0.25) is 0 Å². The number of non-ortho nitro benzene ring substituents is 1. The van der Waals surface area contributed by atoms with Crippen LogP contribution in [0.15, 0.2) is 59.6 Å². The molecule has 5 nitrogen and oxygen atoms in total. The van der Waals surface area contributed by atoms with Crippen LogP contribution < -0.4 is 0 Å². The molecule has 6 rings (SSSR count). The number of hydrogen-bond donors (Lipinski definition) is 0. The SMILES string of the molecule is O=[N+]([O-])c1ccc(C2C3CCC(C3)C23CCC(N2CCC(c4ccccc4)CC2)=N3)cc1. The highest BCUT2D eigenvalue weighted by Crippen LogP contribution is 2.63. The van der Waals surface area contributed by atoms with Crippen molar-refractivity contribution in [2.24, 2.45) is 16.8 Å². The summed E-state index contributed by atoms with van der Waals surface area (Å²) in [5.41, 5.74) is 2.94. The number of aliphatic imine (C=N–C) groups is 1. The monoisotopic (exact) mass is 429 g/mol. The summed E-state index contributed by atoms with van der Waals surface area (Å²) in [6.07, 6.45) is 8.48. The van der Waals surface area contributed by atoms with E-state index in [0.29, 0.717) is 23.7 Å². The summed E-state index contributed by atoms with van der Waals surface area (Å²) >= 11 is 0. The average Bonchev–Trinajstić information content (AvgIpc) is 3.56. The van der Waals surface area contributed by atoms with Crippen molar-refractivity contribution in [1.82, 2.24) is 4.90 Å². The first-order valence-corrected chi connectivity index (χ1v) is 12.3. The van der Waals surface area contributed by atoms with Gasteiger partial charge >= 0.3 is 0 Å². The first-order chi connectivity index (χ1) is 15.6. The molecule has 1 spiro atoms. The molecule has 0 N–H and O–H groups in total. The van der Waals surface area contributed by atoms with Crippen LogP contribution in [0.25, 0.3) is 0 Å². The Labute approximate surface area is 189 Å². The van der Waals surface area contributed by atoms with Crippen LogP contribution in [0.4, 0.5) is 5.69 Å². The van der Waals surface area contributed by atoms with Crippen LogP contribution in [-0.2, 0) is 0 Å². The first kappa shape index (κ1) is 20.0. The molecule has 5 heteroatoms. The molecule has 0 radical (unpaired) electrons. The highest BCUT2D eigenvalue weighted by Gasteiger charge is 2.60. The van der Waals surface area contributed by atoms with Gasteiger partial charge < -0.3 is 4.90 Å². The number of nitro groups is 1. The highest BCUT2D eigenvalue weighted by molar-refractivity contribution is 5.85. The minimum absolute atomic E-state index is 0.0185. The van der Waals surface area contributed by atoms with E-state index in [9.17, 15) is 10.1 Å². The number of nitro benzene ring substituents is 1. The first-order valence-electron chi connectivity index (χ1n) is 12.3. The number of fused-ring (bicyclic) bond motifs is 3. The number of piperidine rings is 1. The van der Waals surface area contributed by atoms with Crippen molar-refractivity contribution < 1.29 is 4.92 Å². The molecule has 32 heavy (non-hydrogen) atoms. The summed E-state index contributed by atoms with van der Waals surface area (Å²) in [6, 6.07) is 18.3. The normalized spacial score (nSPS) is 31.9. The lowest BCUT2D eigenvalue weighted by Crippen LogP contribution is -2.39. The maximum atomic E-state index is 11.1. The maximum absolute atomic E-state index is 11.1. The predicted octanol–water partition coefficient (Wildman–Crippen LogP) is 5.92. The van der Waals surface area contributed by atoms with Gasteiger partial charge in [-0.2, -0.15) is 0 Å². The maximum Gasteiger partial charge on any atom is 0.269 e. The molecular weight excluding hydrogens is 398 g/mol. The molecule has 166 valence electrons. The summed E-state index contributed by atoms with van der Waals surface area (Å²) in [5, 5.41) is 11.1. The van der Waals surface area contributed by atoms with Crippen LogP contribution in [0.1, 0.15) is 67.9 Å². The number of likely N-dealkylation sites (tertiary alicyclic amines) is 1. The number of nitrogens with zero attached hydrogens (tertiary/aromatic N) is 3. The predicted molar refractivity (Wildman–Crippen MR) is 126 cm³/mol. The molecule has 2 saturated carbocycles. The highest BCUT2D eigenvalue weighted by atomic mass is 16.6. The van der Waals surface area contributed by atoms with Gasteiger partial charge in [0.05, 0.1) is 16.3 Å². The lowest BCUT2D eigenvalue weighted by Gasteiger charge is -2.39. The summed E-state index contributed by atoms with van der Waals surface area (Å²) in [7, 11) is 0. The van der Waals surface area contributed by atoms with E-state index in [1.54, 1.807) is 12.1 Å². The summed E-state index contributed by atoms with van der Waals surface area (Å²) < 4.78 is 0. The van der Waals surface area contributed by atoms with E-state index in [1.807, 2.05) is 12.1 Å². The lowest BCUT2D eigenvalue weighted by atomic mass is 9.69. The molecule has 4 unspecified atom stereocenters. The second-order valence-electron chi connectivity index (χ2n) is 10.3. The largest absolute Gasteiger partial charge is 0.360 e. The minimum Gasteiger partial charge on any atom is -0.360 e. The van der Waals surface area contributed by atoms with E-state index in [2.05, 4.69) is 35.2 Å². The van der Waals surface area contributed by atoms with E-state index < -0.39 is 0 Å². The van der Waals surface area contributed by atoms with E-state index in [1.165, 1.54) is 49.1 Å². The smallest absolute Gasteiger partial charge is 0.269 e. The second kappa shape index (κ2) is 7.72. The molecule has 1 saturated heterocycles. The molecule has 3 fully saturated rings. The zero-order chi connectivity index (χ0) is 21.7. The molecule has 2 aromatic carbocycles. The quantitative estimate of drug-likeness (QED) is 0.449. The van der Waals surface area contributed by atoms with Gasteiger partial charge in [0, 0.05) is 37.6 Å². The number of amidine groups is 1. The average molecular weight is 430 g/mol. The molecule has 4 atom stereocenters. The van der Waals surface area contributed by atoms with E-state index >= 15 is 0 Å². The Balaban J connectivity index is 1.23. The van der Waals surface area contributed by atoms with Crippen LogP contribution >= 0.6 is 0 Å². The fourth-order valence-corrected chi connectivity index (χ4v) is 7.41. The van der Waals surface area contributed by atoms with Crippen molar-refractivity contribution >= 4 is 11.5 Å². The standard InChI is InChI=1S/C27H31N3O2/c31-30(32)24-10-7-21(8-11-24)26-22-6-9-23(18-22)27(26)15-12-25(28-27)29-16-13-20(14-17-29)19-4-2-1-3-5-19/h1-5,7-8,10-11,20,22-23,26H,6,9,12-18H2. The zero-order valence-corrected chi connectivity index (χ0v) is 18.5. The van der Waals surface area contributed by atoms with Gasteiger partial charge in [-0.15, -0.1) is 0 Å². The molecule has 2 aromatic rings. The Morgan fingerprint density at radius 1 is 0.938 bits per heavy atom. The Hall–Kier alpha value is -2.69. The van der Waals surface area contributed by atoms with E-state index in [-0.39, 0.29) is 16.1 Å². The van der Waals surface area contributed by atoms with Crippen LogP contribution in [0.3, 0.4) is 0 Å². The van der Waals surface area contributed by atoms with Crippen LogP contribution in [-0.4, -0.2) is 34.3 Å². The molecule has 2 aliphatic carbocycles. The molecule has 0 amide bonds. The van der Waals surface area contributed by atoms with Crippen molar-refractivity contribution in [2.45, 2.75) is 62.3 Å². The molecule has 0 aromatic heterocycles. The Kier molecular flexibility index (Phi) is 4.81. The van der Waals surface area contributed by atoms with E-state index in [0.717, 1.165) is 25.9 Å². The Bertz CT molecular complexity index is 1030. The number of benzene rings is 2. The number of rotatable bonds is 3. The van der Waals surface area contributed by atoms with Crippen molar-refractivity contribution in [3.8, 4) is 0 Å². The van der Waals surface area contributed by atoms with Gasteiger partial charge in [-0.3, -0.25) is 15.1 Å². The molecular formula is C27H31N3O2. The zero-order valence-electron chi connectivity index (χ0n) is 18.5. The molecule has 2 aliphatic heterocycles.